The van der Waals surface area contributed by atoms with E-state index >= 15 is 0 Å². The van der Waals surface area contributed by atoms with Gasteiger partial charge in [0.1, 0.15) is 11.5 Å². The topological polar surface area (TPSA) is 30.5 Å². The van der Waals surface area contributed by atoms with Gasteiger partial charge in [-0.25, -0.2) is 0 Å². The van der Waals surface area contributed by atoms with E-state index in [9.17, 15) is 0 Å². The molecule has 110 valence electrons. The van der Waals surface area contributed by atoms with Gasteiger partial charge < -0.3 is 14.8 Å². The van der Waals surface area contributed by atoms with E-state index in [1.54, 1.807) is 7.11 Å². The van der Waals surface area contributed by atoms with Crippen molar-refractivity contribution in [2.45, 2.75) is 13.0 Å². The fourth-order valence-corrected chi connectivity index (χ4v) is 2.78. The third-order valence-electron chi connectivity index (χ3n) is 3.90. The molecule has 0 amide bonds. The maximum Gasteiger partial charge on any atom is 0.123 e. The number of fused-ring (bicyclic) bond motifs is 1. The lowest BCUT2D eigenvalue weighted by Gasteiger charge is -2.25. The van der Waals surface area contributed by atoms with Crippen LogP contribution in [-0.2, 0) is 13.0 Å². The minimum absolute atomic E-state index is 0.523. The summed E-state index contributed by atoms with van der Waals surface area (Å²) in [6.45, 7) is 2.56. The molecule has 3 nitrogen and oxygen atoms in total. The Kier molecular flexibility index (Phi) is 4.41. The standard InChI is InChI=1S/C18H21NO2/c1-20-17-8-4-3-7-16(17)12-19-11-14-10-15-6-2-5-9-18(15)21-13-14/h2-9,14,19H,10-13H2,1H3. The molecule has 0 aliphatic carbocycles. The van der Waals surface area contributed by atoms with E-state index in [4.69, 9.17) is 9.47 Å². The minimum atomic E-state index is 0.523. The van der Waals surface area contributed by atoms with Gasteiger partial charge in [-0.05, 0) is 24.1 Å². The molecular weight excluding hydrogens is 262 g/mol. The summed E-state index contributed by atoms with van der Waals surface area (Å²) in [5.74, 6) is 2.50. The Balaban J connectivity index is 1.53. The van der Waals surface area contributed by atoms with Gasteiger partial charge in [0.2, 0.25) is 0 Å². The smallest absolute Gasteiger partial charge is 0.123 e. The number of hydrogen-bond acceptors (Lipinski definition) is 3. The average molecular weight is 283 g/mol. The van der Waals surface area contributed by atoms with E-state index in [0.717, 1.165) is 37.6 Å². The predicted octanol–water partition coefficient (Wildman–Crippen LogP) is 3.04. The van der Waals surface area contributed by atoms with Crippen molar-refractivity contribution in [3.63, 3.8) is 0 Å². The van der Waals surface area contributed by atoms with Crippen molar-refractivity contribution in [1.29, 1.82) is 0 Å². The summed E-state index contributed by atoms with van der Waals surface area (Å²) in [7, 11) is 1.71. The number of methoxy groups -OCH3 is 1. The number of rotatable bonds is 5. The Hall–Kier alpha value is -2.00. The van der Waals surface area contributed by atoms with Gasteiger partial charge in [-0.1, -0.05) is 36.4 Å². The van der Waals surface area contributed by atoms with Crippen LogP contribution in [0.3, 0.4) is 0 Å². The maximum atomic E-state index is 5.82. The number of ether oxygens (including phenoxy) is 2. The second-order valence-corrected chi connectivity index (χ2v) is 5.43. The van der Waals surface area contributed by atoms with Crippen LogP contribution >= 0.6 is 0 Å². The molecule has 1 atom stereocenters. The molecule has 2 aromatic rings. The van der Waals surface area contributed by atoms with Crippen LogP contribution in [0.2, 0.25) is 0 Å². The number of hydrogen-bond donors (Lipinski definition) is 1. The first-order valence-electron chi connectivity index (χ1n) is 7.40. The second kappa shape index (κ2) is 6.64. The molecule has 0 radical (unpaired) electrons. The molecule has 2 aromatic carbocycles. The van der Waals surface area contributed by atoms with Crippen LogP contribution in [0.4, 0.5) is 0 Å². The first kappa shape index (κ1) is 14.0. The van der Waals surface area contributed by atoms with Gasteiger partial charge in [0.15, 0.2) is 0 Å². The lowest BCUT2D eigenvalue weighted by Crippen LogP contribution is -2.31. The Morgan fingerprint density at radius 3 is 2.86 bits per heavy atom. The molecular formula is C18H21NO2. The molecule has 1 aliphatic heterocycles. The summed E-state index contributed by atoms with van der Waals surface area (Å²) in [6, 6.07) is 16.4. The van der Waals surface area contributed by atoms with Crippen molar-refractivity contribution >= 4 is 0 Å². The highest BCUT2D eigenvalue weighted by Crippen LogP contribution is 2.26. The zero-order valence-corrected chi connectivity index (χ0v) is 12.3. The Morgan fingerprint density at radius 1 is 1.14 bits per heavy atom. The van der Waals surface area contributed by atoms with Gasteiger partial charge in [0.25, 0.3) is 0 Å². The van der Waals surface area contributed by atoms with Gasteiger partial charge in [-0.3, -0.25) is 0 Å². The van der Waals surface area contributed by atoms with Gasteiger partial charge in [0, 0.05) is 24.6 Å². The summed E-state index contributed by atoms with van der Waals surface area (Å²) in [4.78, 5) is 0. The first-order valence-corrected chi connectivity index (χ1v) is 7.40. The zero-order chi connectivity index (χ0) is 14.5. The molecule has 0 spiro atoms. The van der Waals surface area contributed by atoms with Crippen molar-refractivity contribution in [1.82, 2.24) is 5.32 Å². The zero-order valence-electron chi connectivity index (χ0n) is 12.3. The molecule has 3 heteroatoms. The maximum absolute atomic E-state index is 5.82. The quantitative estimate of drug-likeness (QED) is 0.915. The van der Waals surface area contributed by atoms with Crippen LogP contribution in [0.25, 0.3) is 0 Å². The molecule has 0 saturated heterocycles. The fraction of sp³-hybridized carbons (Fsp3) is 0.333. The van der Waals surface area contributed by atoms with E-state index in [0.29, 0.717) is 5.92 Å². The first-order chi connectivity index (χ1) is 10.4. The molecule has 3 rings (SSSR count). The molecule has 0 saturated carbocycles. The van der Waals surface area contributed by atoms with E-state index in [1.165, 1.54) is 11.1 Å². The average Bonchev–Trinajstić information content (AvgIpc) is 2.55. The number of benzene rings is 2. The second-order valence-electron chi connectivity index (χ2n) is 5.43. The summed E-state index contributed by atoms with van der Waals surface area (Å²) in [5, 5.41) is 3.52. The van der Waals surface area contributed by atoms with Crippen molar-refractivity contribution in [2.24, 2.45) is 5.92 Å². The highest BCUT2D eigenvalue weighted by molar-refractivity contribution is 5.35. The highest BCUT2D eigenvalue weighted by atomic mass is 16.5. The summed E-state index contributed by atoms with van der Waals surface area (Å²) in [5.41, 5.74) is 2.50. The van der Waals surface area contributed by atoms with E-state index in [2.05, 4.69) is 23.5 Å². The molecule has 0 aromatic heterocycles. The molecule has 1 N–H and O–H groups in total. The summed E-state index contributed by atoms with van der Waals surface area (Å²) in [6.07, 6.45) is 1.08. The van der Waals surface area contributed by atoms with E-state index in [1.807, 2.05) is 30.3 Å². The van der Waals surface area contributed by atoms with Crippen LogP contribution in [0.15, 0.2) is 48.5 Å². The van der Waals surface area contributed by atoms with Crippen molar-refractivity contribution < 1.29 is 9.47 Å². The summed E-state index contributed by atoms with van der Waals surface area (Å²) < 4.78 is 11.2. The summed E-state index contributed by atoms with van der Waals surface area (Å²) >= 11 is 0. The molecule has 1 aliphatic rings. The van der Waals surface area contributed by atoms with E-state index < -0.39 is 0 Å². The van der Waals surface area contributed by atoms with Crippen LogP contribution < -0.4 is 14.8 Å². The largest absolute Gasteiger partial charge is 0.496 e. The third kappa shape index (κ3) is 3.37. The number of nitrogens with one attached hydrogen (secondary N) is 1. The molecule has 0 fully saturated rings. The Labute approximate surface area is 125 Å². The van der Waals surface area contributed by atoms with Gasteiger partial charge >= 0.3 is 0 Å². The molecule has 21 heavy (non-hydrogen) atoms. The molecule has 0 bridgehead atoms. The van der Waals surface area contributed by atoms with Crippen LogP contribution in [0.5, 0.6) is 11.5 Å². The van der Waals surface area contributed by atoms with Crippen molar-refractivity contribution in [3.8, 4) is 11.5 Å². The lowest BCUT2D eigenvalue weighted by atomic mass is 9.97. The Bertz CT molecular complexity index is 597. The van der Waals surface area contributed by atoms with Crippen LogP contribution in [0.1, 0.15) is 11.1 Å². The fourth-order valence-electron chi connectivity index (χ4n) is 2.78. The monoisotopic (exact) mass is 283 g/mol. The van der Waals surface area contributed by atoms with Crippen LogP contribution in [-0.4, -0.2) is 20.3 Å². The normalized spacial score (nSPS) is 16.9. The minimum Gasteiger partial charge on any atom is -0.496 e. The molecule has 1 heterocycles. The van der Waals surface area contributed by atoms with Crippen molar-refractivity contribution in [2.75, 3.05) is 20.3 Å². The van der Waals surface area contributed by atoms with Gasteiger partial charge in [0.05, 0.1) is 13.7 Å². The number of para-hydroxylation sites is 2. The van der Waals surface area contributed by atoms with Gasteiger partial charge in [-0.15, -0.1) is 0 Å². The lowest BCUT2D eigenvalue weighted by molar-refractivity contribution is 0.218. The predicted molar refractivity (Wildman–Crippen MR) is 83.8 cm³/mol. The van der Waals surface area contributed by atoms with Crippen LogP contribution in [0, 0.1) is 5.92 Å². The highest BCUT2D eigenvalue weighted by Gasteiger charge is 2.19. The van der Waals surface area contributed by atoms with E-state index in [-0.39, 0.29) is 0 Å². The van der Waals surface area contributed by atoms with Gasteiger partial charge in [-0.2, -0.15) is 0 Å². The SMILES string of the molecule is COc1ccccc1CNCC1COc2ccccc2C1. The Morgan fingerprint density at radius 2 is 1.95 bits per heavy atom. The van der Waals surface area contributed by atoms with Crippen molar-refractivity contribution in [3.05, 3.63) is 59.7 Å². The molecule has 1 unspecified atom stereocenters. The third-order valence-corrected chi connectivity index (χ3v) is 3.90.